The predicted molar refractivity (Wildman–Crippen MR) is 99.1 cm³/mol. The van der Waals surface area contributed by atoms with Crippen LogP contribution in [0.25, 0.3) is 0 Å². The first kappa shape index (κ1) is 18.9. The van der Waals surface area contributed by atoms with E-state index in [9.17, 15) is 0 Å². The zero-order valence-corrected chi connectivity index (χ0v) is 15.6. The van der Waals surface area contributed by atoms with Crippen LogP contribution in [0.1, 0.15) is 20.3 Å². The van der Waals surface area contributed by atoms with Crippen molar-refractivity contribution in [1.82, 2.24) is 10.2 Å². The molecule has 0 bridgehead atoms. The Morgan fingerprint density at radius 2 is 2.33 bits per heavy atom. The Labute approximate surface area is 150 Å². The maximum atomic E-state index is 5.99. The highest BCUT2D eigenvalue weighted by atomic mass is 35.5. The molecule has 1 heterocycles. The van der Waals surface area contributed by atoms with Crippen molar-refractivity contribution in [2.24, 2.45) is 10.9 Å². The van der Waals surface area contributed by atoms with E-state index in [-0.39, 0.29) is 6.10 Å². The molecule has 6 heteroatoms. The Hall–Kier alpha value is -1.46. The molecule has 1 aliphatic rings. The van der Waals surface area contributed by atoms with Crippen molar-refractivity contribution in [3.05, 3.63) is 29.3 Å². The van der Waals surface area contributed by atoms with Crippen LogP contribution in [-0.2, 0) is 4.74 Å². The second-order valence-electron chi connectivity index (χ2n) is 6.14. The van der Waals surface area contributed by atoms with E-state index in [1.54, 1.807) is 7.11 Å². The minimum atomic E-state index is -0.0190. The van der Waals surface area contributed by atoms with E-state index >= 15 is 0 Å². The number of hydrogen-bond acceptors (Lipinski definition) is 3. The van der Waals surface area contributed by atoms with E-state index < -0.39 is 0 Å². The van der Waals surface area contributed by atoms with Gasteiger partial charge in [-0.25, -0.2) is 4.99 Å². The van der Waals surface area contributed by atoms with Crippen molar-refractivity contribution in [3.63, 3.8) is 0 Å². The lowest BCUT2D eigenvalue weighted by Gasteiger charge is -2.22. The van der Waals surface area contributed by atoms with Crippen molar-refractivity contribution in [2.75, 3.05) is 39.9 Å². The number of hydrogen-bond donors (Lipinski definition) is 1. The highest BCUT2D eigenvalue weighted by molar-refractivity contribution is 6.30. The van der Waals surface area contributed by atoms with Crippen molar-refractivity contribution in [3.8, 4) is 5.75 Å². The van der Waals surface area contributed by atoms with Crippen LogP contribution in [-0.4, -0.2) is 56.9 Å². The van der Waals surface area contributed by atoms with Gasteiger partial charge in [-0.3, -0.25) is 0 Å². The van der Waals surface area contributed by atoms with Gasteiger partial charge in [-0.1, -0.05) is 17.7 Å². The third-order valence-corrected chi connectivity index (χ3v) is 4.19. The minimum absolute atomic E-state index is 0.0190. The van der Waals surface area contributed by atoms with Gasteiger partial charge in [-0.15, -0.1) is 0 Å². The second kappa shape index (κ2) is 9.74. The van der Waals surface area contributed by atoms with Gasteiger partial charge < -0.3 is 19.7 Å². The third kappa shape index (κ3) is 5.87. The first-order valence-corrected chi connectivity index (χ1v) is 8.94. The summed E-state index contributed by atoms with van der Waals surface area (Å²) in [5.41, 5.74) is 0. The summed E-state index contributed by atoms with van der Waals surface area (Å²) in [7, 11) is 1.76. The number of nitrogens with one attached hydrogen (secondary N) is 1. The molecule has 0 aromatic heterocycles. The molecule has 1 aliphatic heterocycles. The molecular weight excluding hydrogens is 326 g/mol. The van der Waals surface area contributed by atoms with Crippen molar-refractivity contribution in [2.45, 2.75) is 26.4 Å². The van der Waals surface area contributed by atoms with Crippen LogP contribution in [0, 0.1) is 5.92 Å². The summed E-state index contributed by atoms with van der Waals surface area (Å²) in [5.74, 6) is 2.31. The van der Waals surface area contributed by atoms with Crippen molar-refractivity contribution >= 4 is 17.6 Å². The van der Waals surface area contributed by atoms with Gasteiger partial charge in [-0.2, -0.15) is 0 Å². The van der Waals surface area contributed by atoms with Gasteiger partial charge in [0.25, 0.3) is 0 Å². The number of benzene rings is 1. The summed E-state index contributed by atoms with van der Waals surface area (Å²) >= 11 is 5.99. The van der Waals surface area contributed by atoms with Crippen LogP contribution in [0.5, 0.6) is 5.75 Å². The molecule has 1 aromatic carbocycles. The maximum absolute atomic E-state index is 5.99. The fourth-order valence-electron chi connectivity index (χ4n) is 2.85. The first-order chi connectivity index (χ1) is 11.6. The molecule has 1 N–H and O–H groups in total. The van der Waals surface area contributed by atoms with Gasteiger partial charge in [-0.05, 0) is 38.5 Å². The molecule has 2 atom stereocenters. The quantitative estimate of drug-likeness (QED) is 0.604. The molecule has 134 valence electrons. The molecule has 0 saturated carbocycles. The monoisotopic (exact) mass is 353 g/mol. The van der Waals surface area contributed by atoms with Gasteiger partial charge >= 0.3 is 0 Å². The molecule has 0 spiro atoms. The molecule has 1 fully saturated rings. The predicted octanol–water partition coefficient (Wildman–Crippen LogP) is 3.04. The minimum Gasteiger partial charge on any atom is -0.489 e. The molecular formula is C18H28ClN3O2. The van der Waals surface area contributed by atoms with Gasteiger partial charge in [0.1, 0.15) is 11.9 Å². The Morgan fingerprint density at radius 3 is 3.04 bits per heavy atom. The van der Waals surface area contributed by atoms with Crippen LogP contribution < -0.4 is 10.1 Å². The number of ether oxygens (including phenoxy) is 2. The molecule has 1 aromatic rings. The highest BCUT2D eigenvalue weighted by Gasteiger charge is 2.24. The zero-order valence-electron chi connectivity index (χ0n) is 14.8. The van der Waals surface area contributed by atoms with E-state index in [0.29, 0.717) is 17.5 Å². The Bertz CT molecular complexity index is 539. The van der Waals surface area contributed by atoms with Gasteiger partial charge in [0, 0.05) is 37.7 Å². The third-order valence-electron chi connectivity index (χ3n) is 3.95. The van der Waals surface area contributed by atoms with E-state index in [1.165, 1.54) is 0 Å². The average Bonchev–Trinajstić information content (AvgIpc) is 3.00. The number of nitrogens with zero attached hydrogens (tertiary/aromatic N) is 2. The molecule has 5 nitrogen and oxygen atoms in total. The standard InChI is InChI=1S/C18H28ClN3O2/c1-4-20-18(22-9-8-15(12-22)13-23-3)21-11-14(2)24-17-7-5-6-16(19)10-17/h5-7,10,14-15H,4,8-9,11-13H2,1-3H3,(H,20,21). The summed E-state index contributed by atoms with van der Waals surface area (Å²) < 4.78 is 11.2. The first-order valence-electron chi connectivity index (χ1n) is 8.56. The van der Waals surface area contributed by atoms with Crippen LogP contribution >= 0.6 is 11.6 Å². The van der Waals surface area contributed by atoms with Crippen LogP contribution in [0.2, 0.25) is 5.02 Å². The summed E-state index contributed by atoms with van der Waals surface area (Å²) in [5, 5.41) is 4.05. The fraction of sp³-hybridized carbons (Fsp3) is 0.611. The fourth-order valence-corrected chi connectivity index (χ4v) is 3.03. The topological polar surface area (TPSA) is 46.1 Å². The normalized spacial score (nSPS) is 19.4. The van der Waals surface area contributed by atoms with E-state index in [0.717, 1.165) is 44.4 Å². The molecule has 0 radical (unpaired) electrons. The van der Waals surface area contributed by atoms with Crippen molar-refractivity contribution in [1.29, 1.82) is 0 Å². The second-order valence-corrected chi connectivity index (χ2v) is 6.57. The van der Waals surface area contributed by atoms with Crippen LogP contribution in [0.4, 0.5) is 0 Å². The lowest BCUT2D eigenvalue weighted by Crippen LogP contribution is -2.41. The lowest BCUT2D eigenvalue weighted by atomic mass is 10.1. The van der Waals surface area contributed by atoms with Gasteiger partial charge in [0.15, 0.2) is 5.96 Å². The Balaban J connectivity index is 1.90. The summed E-state index contributed by atoms with van der Waals surface area (Å²) in [6, 6.07) is 7.46. The van der Waals surface area contributed by atoms with E-state index in [4.69, 9.17) is 26.1 Å². The molecule has 24 heavy (non-hydrogen) atoms. The highest BCUT2D eigenvalue weighted by Crippen LogP contribution is 2.19. The van der Waals surface area contributed by atoms with E-state index in [2.05, 4.69) is 17.1 Å². The zero-order chi connectivity index (χ0) is 17.4. The van der Waals surface area contributed by atoms with Crippen LogP contribution in [0.3, 0.4) is 0 Å². The Kier molecular flexibility index (Phi) is 7.66. The summed E-state index contributed by atoms with van der Waals surface area (Å²) in [4.78, 5) is 7.05. The number of rotatable bonds is 7. The molecule has 1 saturated heterocycles. The number of likely N-dealkylation sites (tertiary alicyclic amines) is 1. The maximum Gasteiger partial charge on any atom is 0.194 e. The lowest BCUT2D eigenvalue weighted by molar-refractivity contribution is 0.157. The number of aliphatic imine (C=N–C) groups is 1. The van der Waals surface area contributed by atoms with E-state index in [1.807, 2.05) is 31.2 Å². The molecule has 2 unspecified atom stereocenters. The van der Waals surface area contributed by atoms with Gasteiger partial charge in [0.05, 0.1) is 13.2 Å². The average molecular weight is 354 g/mol. The summed E-state index contributed by atoms with van der Waals surface area (Å²) in [6.45, 7) is 8.38. The largest absolute Gasteiger partial charge is 0.489 e. The SMILES string of the molecule is CCNC(=NCC(C)Oc1cccc(Cl)c1)N1CCC(COC)C1. The molecule has 0 aliphatic carbocycles. The smallest absolute Gasteiger partial charge is 0.194 e. The number of guanidine groups is 1. The number of halogens is 1. The Morgan fingerprint density at radius 1 is 1.50 bits per heavy atom. The van der Waals surface area contributed by atoms with Crippen molar-refractivity contribution < 1.29 is 9.47 Å². The molecule has 2 rings (SSSR count). The van der Waals surface area contributed by atoms with Gasteiger partial charge in [0.2, 0.25) is 0 Å². The van der Waals surface area contributed by atoms with Crippen LogP contribution in [0.15, 0.2) is 29.3 Å². The summed E-state index contributed by atoms with van der Waals surface area (Å²) in [6.07, 6.45) is 1.13. The molecule has 0 amide bonds. The number of methoxy groups -OCH3 is 1.